The van der Waals surface area contributed by atoms with Crippen LogP contribution in [0.15, 0.2) is 30.6 Å². The topological polar surface area (TPSA) is 80.0 Å². The summed E-state index contributed by atoms with van der Waals surface area (Å²) in [5.74, 6) is 6.70. The molecule has 0 fully saturated rings. The molecular formula is C12H16N6. The van der Waals surface area contributed by atoms with E-state index in [2.05, 4.69) is 20.4 Å². The number of hydrogen-bond donors (Lipinski definition) is 2. The van der Waals surface area contributed by atoms with Crippen LogP contribution < -0.4 is 16.2 Å². The summed E-state index contributed by atoms with van der Waals surface area (Å²) in [7, 11) is 1.95. The van der Waals surface area contributed by atoms with Gasteiger partial charge in [-0.15, -0.1) is 0 Å². The summed E-state index contributed by atoms with van der Waals surface area (Å²) in [6.07, 6.45) is 1.48. The highest BCUT2D eigenvalue weighted by Crippen LogP contribution is 2.14. The van der Waals surface area contributed by atoms with Crippen LogP contribution >= 0.6 is 0 Å². The van der Waals surface area contributed by atoms with Gasteiger partial charge in [0.1, 0.15) is 18.0 Å². The molecule has 6 heteroatoms. The Kier molecular flexibility index (Phi) is 3.69. The van der Waals surface area contributed by atoms with Crippen LogP contribution in [0.2, 0.25) is 0 Å². The quantitative estimate of drug-likeness (QED) is 0.619. The largest absolute Gasteiger partial charge is 0.354 e. The highest BCUT2D eigenvalue weighted by molar-refractivity contribution is 5.47. The zero-order valence-corrected chi connectivity index (χ0v) is 10.5. The number of hydrogen-bond acceptors (Lipinski definition) is 6. The van der Waals surface area contributed by atoms with E-state index in [0.29, 0.717) is 12.4 Å². The number of hydrazine groups is 1. The maximum Gasteiger partial charge on any atom is 0.145 e. The Morgan fingerprint density at radius 1 is 1.33 bits per heavy atom. The van der Waals surface area contributed by atoms with E-state index in [1.54, 1.807) is 6.07 Å². The number of pyridine rings is 1. The Hall–Kier alpha value is -2.21. The summed E-state index contributed by atoms with van der Waals surface area (Å²) in [5.41, 5.74) is 4.51. The van der Waals surface area contributed by atoms with Gasteiger partial charge in [0.25, 0.3) is 0 Å². The number of anilines is 2. The van der Waals surface area contributed by atoms with Gasteiger partial charge in [-0.3, -0.25) is 4.98 Å². The second-order valence-corrected chi connectivity index (χ2v) is 4.03. The minimum absolute atomic E-state index is 0.587. The molecule has 18 heavy (non-hydrogen) atoms. The van der Waals surface area contributed by atoms with E-state index in [9.17, 15) is 0 Å². The molecule has 0 aliphatic carbocycles. The van der Waals surface area contributed by atoms with E-state index in [1.807, 2.05) is 37.1 Å². The summed E-state index contributed by atoms with van der Waals surface area (Å²) < 4.78 is 0. The summed E-state index contributed by atoms with van der Waals surface area (Å²) in [4.78, 5) is 14.6. The van der Waals surface area contributed by atoms with E-state index in [1.165, 1.54) is 6.33 Å². The monoisotopic (exact) mass is 244 g/mol. The van der Waals surface area contributed by atoms with Crippen molar-refractivity contribution < 1.29 is 0 Å². The molecule has 0 amide bonds. The van der Waals surface area contributed by atoms with Crippen molar-refractivity contribution in [1.29, 1.82) is 0 Å². The molecule has 2 rings (SSSR count). The van der Waals surface area contributed by atoms with Crippen molar-refractivity contribution in [3.05, 3.63) is 42.0 Å². The van der Waals surface area contributed by atoms with Crippen molar-refractivity contribution in [3.8, 4) is 0 Å². The Bertz CT molecular complexity index is 527. The first kappa shape index (κ1) is 12.3. The van der Waals surface area contributed by atoms with E-state index in [-0.39, 0.29) is 0 Å². The van der Waals surface area contributed by atoms with Gasteiger partial charge in [-0.25, -0.2) is 15.8 Å². The van der Waals surface area contributed by atoms with Crippen LogP contribution in [0.4, 0.5) is 11.6 Å². The third-order valence-electron chi connectivity index (χ3n) is 2.54. The van der Waals surface area contributed by atoms with Crippen LogP contribution in [0.25, 0.3) is 0 Å². The molecule has 0 atom stereocenters. The van der Waals surface area contributed by atoms with Gasteiger partial charge in [-0.1, -0.05) is 6.07 Å². The molecule has 2 heterocycles. The summed E-state index contributed by atoms with van der Waals surface area (Å²) >= 11 is 0. The fourth-order valence-corrected chi connectivity index (χ4v) is 1.65. The van der Waals surface area contributed by atoms with Crippen molar-refractivity contribution in [1.82, 2.24) is 15.0 Å². The molecule has 6 nitrogen and oxygen atoms in total. The molecule has 2 aromatic heterocycles. The van der Waals surface area contributed by atoms with Gasteiger partial charge in [-0.05, 0) is 19.1 Å². The third kappa shape index (κ3) is 2.92. The van der Waals surface area contributed by atoms with Crippen LogP contribution in [0.3, 0.4) is 0 Å². The van der Waals surface area contributed by atoms with Crippen LogP contribution in [0.5, 0.6) is 0 Å². The lowest BCUT2D eigenvalue weighted by Crippen LogP contribution is -2.19. The molecular weight excluding hydrogens is 228 g/mol. The molecule has 0 spiro atoms. The number of aromatic nitrogens is 3. The zero-order chi connectivity index (χ0) is 13.0. The fraction of sp³-hybridized carbons (Fsp3) is 0.250. The normalized spacial score (nSPS) is 10.2. The molecule has 0 radical (unpaired) electrons. The van der Waals surface area contributed by atoms with Gasteiger partial charge in [-0.2, -0.15) is 0 Å². The number of nitrogens with one attached hydrogen (secondary N) is 1. The highest BCUT2D eigenvalue weighted by atomic mass is 15.3. The van der Waals surface area contributed by atoms with Crippen LogP contribution in [-0.4, -0.2) is 22.0 Å². The lowest BCUT2D eigenvalue weighted by atomic mass is 10.3. The second kappa shape index (κ2) is 5.42. The van der Waals surface area contributed by atoms with Gasteiger partial charge in [0.2, 0.25) is 0 Å². The maximum atomic E-state index is 5.32. The average Bonchev–Trinajstić information content (AvgIpc) is 2.39. The minimum atomic E-state index is 0.587. The molecule has 0 saturated heterocycles. The predicted octanol–water partition coefficient (Wildman–Crippen LogP) is 1.10. The molecule has 0 aromatic carbocycles. The smallest absolute Gasteiger partial charge is 0.145 e. The molecule has 0 saturated carbocycles. The Balaban J connectivity index is 2.13. The first-order valence-corrected chi connectivity index (χ1v) is 5.61. The average molecular weight is 244 g/mol. The molecule has 0 aliphatic heterocycles. The number of rotatable bonds is 4. The summed E-state index contributed by atoms with van der Waals surface area (Å²) in [6, 6.07) is 7.76. The summed E-state index contributed by atoms with van der Waals surface area (Å²) in [5, 5.41) is 0. The van der Waals surface area contributed by atoms with E-state index < -0.39 is 0 Å². The molecule has 3 N–H and O–H groups in total. The molecule has 2 aromatic rings. The van der Waals surface area contributed by atoms with Gasteiger partial charge in [0, 0.05) is 18.8 Å². The van der Waals surface area contributed by atoms with E-state index in [4.69, 9.17) is 5.84 Å². The molecule has 94 valence electrons. The fourth-order valence-electron chi connectivity index (χ4n) is 1.65. The lowest BCUT2D eigenvalue weighted by molar-refractivity contribution is 0.855. The number of nitrogens with two attached hydrogens (primary N) is 1. The van der Waals surface area contributed by atoms with Crippen molar-refractivity contribution in [2.45, 2.75) is 13.5 Å². The number of aryl methyl sites for hydroxylation is 1. The van der Waals surface area contributed by atoms with Crippen LogP contribution in [0.1, 0.15) is 11.4 Å². The van der Waals surface area contributed by atoms with Gasteiger partial charge in [0.05, 0.1) is 12.2 Å². The van der Waals surface area contributed by atoms with E-state index >= 15 is 0 Å². The van der Waals surface area contributed by atoms with Crippen molar-refractivity contribution in [2.75, 3.05) is 17.4 Å². The van der Waals surface area contributed by atoms with Gasteiger partial charge in [0.15, 0.2) is 0 Å². The molecule has 0 unspecified atom stereocenters. The SMILES string of the molecule is Cc1cccc(CN(C)c2cc(NN)ncn2)n1. The highest BCUT2D eigenvalue weighted by Gasteiger charge is 2.05. The standard InChI is InChI=1S/C12H16N6/c1-9-4-3-5-10(16-9)7-18(2)12-6-11(17-13)14-8-15-12/h3-6,8H,7,13H2,1-2H3,(H,14,15,17). The second-order valence-electron chi connectivity index (χ2n) is 4.03. The van der Waals surface area contributed by atoms with Gasteiger partial charge < -0.3 is 10.3 Å². The van der Waals surface area contributed by atoms with Crippen LogP contribution in [-0.2, 0) is 6.54 Å². The van der Waals surface area contributed by atoms with Gasteiger partial charge >= 0.3 is 0 Å². The molecule has 0 aliphatic rings. The van der Waals surface area contributed by atoms with Crippen molar-refractivity contribution in [2.24, 2.45) is 5.84 Å². The first-order valence-electron chi connectivity index (χ1n) is 5.61. The maximum absolute atomic E-state index is 5.32. The Morgan fingerprint density at radius 3 is 2.89 bits per heavy atom. The predicted molar refractivity (Wildman–Crippen MR) is 70.9 cm³/mol. The summed E-state index contributed by atoms with van der Waals surface area (Å²) in [6.45, 7) is 2.66. The molecule has 0 bridgehead atoms. The number of nitrogen functional groups attached to an aromatic ring is 1. The van der Waals surface area contributed by atoms with Crippen LogP contribution in [0, 0.1) is 6.92 Å². The minimum Gasteiger partial charge on any atom is -0.354 e. The van der Waals surface area contributed by atoms with Crippen molar-refractivity contribution >= 4 is 11.6 Å². The zero-order valence-electron chi connectivity index (χ0n) is 10.5. The number of nitrogens with zero attached hydrogens (tertiary/aromatic N) is 4. The third-order valence-corrected chi connectivity index (χ3v) is 2.54. The Morgan fingerprint density at radius 2 is 2.17 bits per heavy atom. The van der Waals surface area contributed by atoms with E-state index in [0.717, 1.165) is 17.2 Å². The first-order chi connectivity index (χ1) is 8.69. The van der Waals surface area contributed by atoms with Crippen molar-refractivity contribution in [3.63, 3.8) is 0 Å². The Labute approximate surface area is 106 Å². The lowest BCUT2D eigenvalue weighted by Gasteiger charge is -2.18.